The molecule has 0 amide bonds. The van der Waals surface area contributed by atoms with E-state index in [0.717, 1.165) is 0 Å². The van der Waals surface area contributed by atoms with Crippen molar-refractivity contribution in [3.63, 3.8) is 0 Å². The lowest BCUT2D eigenvalue weighted by Crippen LogP contribution is -2.68. The molecule has 5 N–H and O–H groups in total. The largest absolute Gasteiger partial charge is 0.389 e. The van der Waals surface area contributed by atoms with Gasteiger partial charge in [0, 0.05) is 0 Å². The highest BCUT2D eigenvalue weighted by Crippen LogP contribution is 2.10. The first-order chi connectivity index (χ1) is 3.64. The van der Waals surface area contributed by atoms with Crippen molar-refractivity contribution in [2.24, 2.45) is 11.5 Å². The van der Waals surface area contributed by atoms with Crippen LogP contribution >= 0.6 is 0 Å². The number of carbonyl (C=O) groups is 1. The van der Waals surface area contributed by atoms with Crippen LogP contribution in [0, 0.1) is 0 Å². The Bertz CT molecular complexity index is 113. The van der Waals surface area contributed by atoms with Crippen LogP contribution in [0.3, 0.4) is 0 Å². The summed E-state index contributed by atoms with van der Waals surface area (Å²) in [7, 11) is 0. The molecule has 0 aromatic carbocycles. The Morgan fingerprint density at radius 2 is 1.75 bits per heavy atom. The molecule has 1 rings (SSSR count). The van der Waals surface area contributed by atoms with Crippen LogP contribution < -0.4 is 11.5 Å². The Morgan fingerprint density at radius 3 is 1.88 bits per heavy atom. The smallest absolute Gasteiger partial charge is 0.171 e. The fourth-order valence-electron chi connectivity index (χ4n) is 0.664. The van der Waals surface area contributed by atoms with Gasteiger partial charge in [0.15, 0.2) is 5.78 Å². The monoisotopic (exact) mass is 116 g/mol. The first-order valence-electron chi connectivity index (χ1n) is 2.37. The minimum atomic E-state index is -0.817. The Balaban J connectivity index is 2.55. The highest BCUT2D eigenvalue weighted by molar-refractivity contribution is 5.96. The van der Waals surface area contributed by atoms with Gasteiger partial charge in [0.1, 0.15) is 0 Å². The molecule has 1 fully saturated rings. The summed E-state index contributed by atoms with van der Waals surface area (Å²) in [4.78, 5) is 10.4. The van der Waals surface area contributed by atoms with Crippen molar-refractivity contribution in [2.45, 2.75) is 18.2 Å². The fraction of sp³-hybridized carbons (Fsp3) is 0.750. The van der Waals surface area contributed by atoms with Crippen molar-refractivity contribution in [1.29, 1.82) is 0 Å². The summed E-state index contributed by atoms with van der Waals surface area (Å²) >= 11 is 0. The van der Waals surface area contributed by atoms with Gasteiger partial charge in [0.2, 0.25) is 0 Å². The molecule has 4 nitrogen and oxygen atoms in total. The summed E-state index contributed by atoms with van der Waals surface area (Å²) in [5.74, 6) is -0.252. The molecule has 2 atom stereocenters. The second kappa shape index (κ2) is 1.51. The van der Waals surface area contributed by atoms with E-state index in [1.54, 1.807) is 0 Å². The van der Waals surface area contributed by atoms with Gasteiger partial charge >= 0.3 is 0 Å². The molecule has 1 saturated carbocycles. The van der Waals surface area contributed by atoms with Crippen LogP contribution in [0.25, 0.3) is 0 Å². The number of hydrogen-bond acceptors (Lipinski definition) is 4. The van der Waals surface area contributed by atoms with Gasteiger partial charge in [-0.3, -0.25) is 4.79 Å². The van der Waals surface area contributed by atoms with Gasteiger partial charge in [0.25, 0.3) is 0 Å². The molecule has 4 heteroatoms. The first-order valence-corrected chi connectivity index (χ1v) is 2.37. The highest BCUT2D eigenvalue weighted by Gasteiger charge is 2.43. The van der Waals surface area contributed by atoms with E-state index >= 15 is 0 Å². The molecule has 1 aliphatic rings. The van der Waals surface area contributed by atoms with E-state index in [1.807, 2.05) is 0 Å². The maximum atomic E-state index is 10.4. The number of rotatable bonds is 0. The van der Waals surface area contributed by atoms with E-state index in [0.29, 0.717) is 0 Å². The zero-order chi connectivity index (χ0) is 6.31. The zero-order valence-electron chi connectivity index (χ0n) is 4.24. The summed E-state index contributed by atoms with van der Waals surface area (Å²) < 4.78 is 0. The predicted molar refractivity (Wildman–Crippen MR) is 27.0 cm³/mol. The third-order valence-corrected chi connectivity index (χ3v) is 1.39. The van der Waals surface area contributed by atoms with Gasteiger partial charge in [-0.15, -0.1) is 0 Å². The van der Waals surface area contributed by atoms with E-state index in [2.05, 4.69) is 0 Å². The van der Waals surface area contributed by atoms with Crippen LogP contribution in [0.5, 0.6) is 0 Å². The molecule has 0 aromatic heterocycles. The number of nitrogens with two attached hydrogens (primary N) is 2. The van der Waals surface area contributed by atoms with Crippen molar-refractivity contribution in [3.8, 4) is 0 Å². The highest BCUT2D eigenvalue weighted by atomic mass is 16.3. The van der Waals surface area contributed by atoms with E-state index in [1.165, 1.54) is 0 Å². The number of carbonyl (C=O) groups excluding carboxylic acids is 1. The quantitative estimate of drug-likeness (QED) is 0.328. The van der Waals surface area contributed by atoms with Gasteiger partial charge in [-0.1, -0.05) is 0 Å². The van der Waals surface area contributed by atoms with Crippen molar-refractivity contribution in [1.82, 2.24) is 0 Å². The molecule has 0 spiro atoms. The molecule has 2 unspecified atom stereocenters. The average Bonchev–Trinajstić information content (AvgIpc) is 1.83. The normalized spacial score (nSPS) is 46.4. The molecule has 0 heterocycles. The second-order valence-corrected chi connectivity index (χ2v) is 1.94. The zero-order valence-corrected chi connectivity index (χ0v) is 4.24. The Labute approximate surface area is 46.5 Å². The van der Waals surface area contributed by atoms with Crippen LogP contribution in [0.4, 0.5) is 0 Å². The molecular formula is C4H8N2O2. The van der Waals surface area contributed by atoms with E-state index in [9.17, 15) is 4.79 Å². The lowest BCUT2D eigenvalue weighted by Gasteiger charge is -2.33. The number of hydrogen-bond donors (Lipinski definition) is 3. The average molecular weight is 116 g/mol. The summed E-state index contributed by atoms with van der Waals surface area (Å²) in [5.41, 5.74) is 10.2. The number of ketones is 1. The topological polar surface area (TPSA) is 89.3 Å². The predicted octanol–water partition coefficient (Wildman–Crippen LogP) is -2.42. The second-order valence-electron chi connectivity index (χ2n) is 1.94. The number of Topliss-reactive ketones (excluding diaryl/α,β-unsaturated/α-hetero) is 1. The van der Waals surface area contributed by atoms with E-state index in [4.69, 9.17) is 16.6 Å². The minimum Gasteiger partial charge on any atom is -0.389 e. The van der Waals surface area contributed by atoms with E-state index < -0.39 is 18.2 Å². The van der Waals surface area contributed by atoms with Crippen LogP contribution in [0.15, 0.2) is 0 Å². The standard InChI is InChI=1S/C4H8N2O2/c5-1-3(7)2(6)4(1)8/h1-3,7H,5-6H2. The van der Waals surface area contributed by atoms with Gasteiger partial charge in [0.05, 0.1) is 18.2 Å². The molecule has 1 aliphatic carbocycles. The van der Waals surface area contributed by atoms with Crippen LogP contribution in [0.2, 0.25) is 0 Å². The van der Waals surface area contributed by atoms with Crippen LogP contribution in [0.1, 0.15) is 0 Å². The lowest BCUT2D eigenvalue weighted by molar-refractivity contribution is -0.136. The third kappa shape index (κ3) is 0.475. The summed E-state index contributed by atoms with van der Waals surface area (Å²) in [6.07, 6.45) is -0.817. The number of aliphatic hydroxyl groups excluding tert-OH is 1. The first kappa shape index (κ1) is 5.68. The Kier molecular flexibility index (Phi) is 1.07. The maximum Gasteiger partial charge on any atom is 0.171 e. The molecule has 46 valence electrons. The van der Waals surface area contributed by atoms with Crippen LogP contribution in [-0.4, -0.2) is 29.1 Å². The van der Waals surface area contributed by atoms with Crippen molar-refractivity contribution in [2.75, 3.05) is 0 Å². The third-order valence-electron chi connectivity index (χ3n) is 1.39. The van der Waals surface area contributed by atoms with Gasteiger partial charge in [-0.25, -0.2) is 0 Å². The van der Waals surface area contributed by atoms with Crippen molar-refractivity contribution in [3.05, 3.63) is 0 Å². The maximum absolute atomic E-state index is 10.4. The Hall–Kier alpha value is -0.450. The summed E-state index contributed by atoms with van der Waals surface area (Å²) in [6, 6.07) is -1.46. The Morgan fingerprint density at radius 1 is 1.38 bits per heavy atom. The van der Waals surface area contributed by atoms with Gasteiger partial charge in [-0.05, 0) is 0 Å². The summed E-state index contributed by atoms with van der Waals surface area (Å²) in [6.45, 7) is 0. The SMILES string of the molecule is NC1C(=O)C(N)C1O. The van der Waals surface area contributed by atoms with Crippen LogP contribution in [-0.2, 0) is 4.79 Å². The van der Waals surface area contributed by atoms with Crippen molar-refractivity contribution < 1.29 is 9.90 Å². The van der Waals surface area contributed by atoms with E-state index in [-0.39, 0.29) is 5.78 Å². The summed E-state index contributed by atoms with van der Waals surface area (Å²) in [5, 5.41) is 8.68. The fourth-order valence-corrected chi connectivity index (χ4v) is 0.664. The minimum absolute atomic E-state index is 0.252. The molecular weight excluding hydrogens is 108 g/mol. The molecule has 0 saturated heterocycles. The van der Waals surface area contributed by atoms with Crippen molar-refractivity contribution >= 4 is 5.78 Å². The van der Waals surface area contributed by atoms with Gasteiger partial charge in [-0.2, -0.15) is 0 Å². The number of aliphatic hydroxyl groups is 1. The molecule has 8 heavy (non-hydrogen) atoms. The lowest BCUT2D eigenvalue weighted by atomic mass is 9.83. The molecule has 0 bridgehead atoms. The van der Waals surface area contributed by atoms with Gasteiger partial charge < -0.3 is 16.6 Å². The molecule has 0 aromatic rings. The molecule has 0 aliphatic heterocycles. The molecule has 0 radical (unpaired) electrons.